The molecule has 1 fully saturated rings. The molecule has 0 bridgehead atoms. The highest BCUT2D eigenvalue weighted by molar-refractivity contribution is 9.10. The largest absolute Gasteiger partial charge is 0.352 e. The van der Waals surface area contributed by atoms with Crippen LogP contribution in [0, 0.1) is 0 Å². The first-order valence-corrected chi connectivity index (χ1v) is 8.77. The number of halogens is 1. The molecule has 0 amide bonds. The Morgan fingerprint density at radius 3 is 2.58 bits per heavy atom. The number of hydrogen-bond acceptors (Lipinski definition) is 4. The number of rotatable bonds is 3. The molecule has 0 unspecified atom stereocenters. The van der Waals surface area contributed by atoms with E-state index < -0.39 is 0 Å². The smallest absolute Gasteiger partial charge is 0.225 e. The monoisotopic (exact) mass is 388 g/mol. The Morgan fingerprint density at radius 1 is 1.17 bits per heavy atom. The van der Waals surface area contributed by atoms with Gasteiger partial charge in [0.15, 0.2) is 5.96 Å². The molecule has 0 aliphatic carbocycles. The summed E-state index contributed by atoms with van der Waals surface area (Å²) in [4.78, 5) is 17.5. The van der Waals surface area contributed by atoms with Crippen molar-refractivity contribution in [3.63, 3.8) is 0 Å². The van der Waals surface area contributed by atoms with Gasteiger partial charge in [-0.3, -0.25) is 4.99 Å². The number of piperazine rings is 1. The van der Waals surface area contributed by atoms with E-state index in [-0.39, 0.29) is 0 Å². The molecule has 2 heterocycles. The van der Waals surface area contributed by atoms with Gasteiger partial charge in [-0.2, -0.15) is 0 Å². The van der Waals surface area contributed by atoms with Crippen molar-refractivity contribution < 1.29 is 0 Å². The van der Waals surface area contributed by atoms with E-state index in [0.29, 0.717) is 0 Å². The van der Waals surface area contributed by atoms with Gasteiger partial charge in [-0.1, -0.05) is 28.1 Å². The van der Waals surface area contributed by atoms with E-state index in [1.54, 1.807) is 12.4 Å². The summed E-state index contributed by atoms with van der Waals surface area (Å²) in [5.41, 5.74) is 1.22. The zero-order valence-electron chi connectivity index (χ0n) is 13.7. The first-order valence-electron chi connectivity index (χ1n) is 7.98. The van der Waals surface area contributed by atoms with E-state index >= 15 is 0 Å². The predicted octanol–water partition coefficient (Wildman–Crippen LogP) is 2.14. The van der Waals surface area contributed by atoms with Gasteiger partial charge in [-0.25, -0.2) is 9.97 Å². The van der Waals surface area contributed by atoms with Crippen LogP contribution in [0.5, 0.6) is 0 Å². The molecule has 0 spiro atoms. The number of nitrogens with zero attached hydrogens (tertiary/aromatic N) is 5. The topological polar surface area (TPSA) is 56.7 Å². The van der Waals surface area contributed by atoms with E-state index in [0.717, 1.165) is 49.1 Å². The molecule has 7 heteroatoms. The van der Waals surface area contributed by atoms with Crippen LogP contribution in [0.2, 0.25) is 0 Å². The minimum Gasteiger partial charge on any atom is -0.352 e. The molecule has 126 valence electrons. The number of aliphatic imine (C=N–C) groups is 1. The summed E-state index contributed by atoms with van der Waals surface area (Å²) in [5, 5.41) is 3.44. The Bertz CT molecular complexity index is 682. The van der Waals surface area contributed by atoms with Crippen molar-refractivity contribution >= 4 is 27.8 Å². The molecular formula is C17H21BrN6. The average Bonchev–Trinajstić information content (AvgIpc) is 2.64. The molecular weight excluding hydrogens is 368 g/mol. The molecule has 1 aromatic carbocycles. The van der Waals surface area contributed by atoms with Crippen molar-refractivity contribution in [3.8, 4) is 0 Å². The van der Waals surface area contributed by atoms with Gasteiger partial charge in [0.25, 0.3) is 0 Å². The molecule has 1 aliphatic heterocycles. The SMILES string of the molecule is CN=C(NCc1cccc(Br)c1)N1CCN(c2ncccn2)CC1. The highest BCUT2D eigenvalue weighted by atomic mass is 79.9. The Morgan fingerprint density at radius 2 is 1.92 bits per heavy atom. The van der Waals surface area contributed by atoms with E-state index in [2.05, 4.69) is 58.1 Å². The van der Waals surface area contributed by atoms with Crippen molar-refractivity contribution in [1.82, 2.24) is 20.2 Å². The fourth-order valence-corrected chi connectivity index (χ4v) is 3.18. The molecule has 1 N–H and O–H groups in total. The zero-order chi connectivity index (χ0) is 16.8. The average molecular weight is 389 g/mol. The van der Waals surface area contributed by atoms with Gasteiger partial charge in [0.05, 0.1) is 0 Å². The van der Waals surface area contributed by atoms with Crippen LogP contribution in [0.25, 0.3) is 0 Å². The van der Waals surface area contributed by atoms with Crippen LogP contribution in [0.3, 0.4) is 0 Å². The maximum Gasteiger partial charge on any atom is 0.225 e. The van der Waals surface area contributed by atoms with Gasteiger partial charge >= 0.3 is 0 Å². The molecule has 1 saturated heterocycles. The summed E-state index contributed by atoms with van der Waals surface area (Å²) in [6.07, 6.45) is 3.57. The van der Waals surface area contributed by atoms with Crippen LogP contribution in [-0.4, -0.2) is 54.1 Å². The molecule has 0 saturated carbocycles. The summed E-state index contributed by atoms with van der Waals surface area (Å²) in [5.74, 6) is 1.73. The van der Waals surface area contributed by atoms with Crippen molar-refractivity contribution in [2.75, 3.05) is 38.1 Å². The number of hydrogen-bond donors (Lipinski definition) is 1. The highest BCUT2D eigenvalue weighted by Gasteiger charge is 2.20. The molecule has 2 aromatic rings. The molecule has 0 radical (unpaired) electrons. The van der Waals surface area contributed by atoms with Crippen LogP contribution in [0.4, 0.5) is 5.95 Å². The Labute approximate surface area is 150 Å². The van der Waals surface area contributed by atoms with Crippen LogP contribution >= 0.6 is 15.9 Å². The second-order valence-electron chi connectivity index (χ2n) is 5.55. The third-order valence-electron chi connectivity index (χ3n) is 3.97. The van der Waals surface area contributed by atoms with Gasteiger partial charge in [-0.05, 0) is 23.8 Å². The van der Waals surface area contributed by atoms with Crippen LogP contribution < -0.4 is 10.2 Å². The normalized spacial score (nSPS) is 15.5. The van der Waals surface area contributed by atoms with Crippen molar-refractivity contribution in [1.29, 1.82) is 0 Å². The summed E-state index contributed by atoms with van der Waals surface area (Å²) in [6, 6.07) is 10.1. The third kappa shape index (κ3) is 4.23. The van der Waals surface area contributed by atoms with Gasteiger partial charge in [-0.15, -0.1) is 0 Å². The minimum atomic E-state index is 0.758. The number of benzene rings is 1. The molecule has 1 aromatic heterocycles. The van der Waals surface area contributed by atoms with Crippen LogP contribution in [0.1, 0.15) is 5.56 Å². The summed E-state index contributed by atoms with van der Waals surface area (Å²) >= 11 is 3.51. The van der Waals surface area contributed by atoms with Crippen LogP contribution in [0.15, 0.2) is 52.2 Å². The number of aromatic nitrogens is 2. The van der Waals surface area contributed by atoms with Gasteiger partial charge < -0.3 is 15.1 Å². The lowest BCUT2D eigenvalue weighted by molar-refractivity contribution is 0.370. The standard InChI is InChI=1S/C17H21BrN6/c1-19-16(22-13-14-4-2-5-15(18)12-14)23-8-10-24(11-9-23)17-20-6-3-7-21-17/h2-7,12H,8-11,13H2,1H3,(H,19,22). The van der Waals surface area contributed by atoms with E-state index in [1.165, 1.54) is 5.56 Å². The first kappa shape index (κ1) is 16.7. The highest BCUT2D eigenvalue weighted by Crippen LogP contribution is 2.12. The molecule has 0 atom stereocenters. The van der Waals surface area contributed by atoms with Gasteiger partial charge in [0, 0.05) is 56.6 Å². The molecule has 1 aliphatic rings. The second-order valence-corrected chi connectivity index (χ2v) is 6.47. The van der Waals surface area contributed by atoms with E-state index in [4.69, 9.17) is 0 Å². The van der Waals surface area contributed by atoms with E-state index in [1.807, 2.05) is 25.2 Å². The number of nitrogens with one attached hydrogen (secondary N) is 1. The molecule has 3 rings (SSSR count). The minimum absolute atomic E-state index is 0.758. The first-order chi connectivity index (χ1) is 11.8. The van der Waals surface area contributed by atoms with Gasteiger partial charge in [0.2, 0.25) is 5.95 Å². The summed E-state index contributed by atoms with van der Waals surface area (Å²) in [6.45, 7) is 4.34. The fourth-order valence-electron chi connectivity index (χ4n) is 2.73. The summed E-state index contributed by atoms with van der Waals surface area (Å²) in [7, 11) is 1.83. The second kappa shape index (κ2) is 8.10. The Kier molecular flexibility index (Phi) is 5.63. The van der Waals surface area contributed by atoms with Crippen molar-refractivity contribution in [3.05, 3.63) is 52.8 Å². The van der Waals surface area contributed by atoms with Gasteiger partial charge in [0.1, 0.15) is 0 Å². The lowest BCUT2D eigenvalue weighted by Crippen LogP contribution is -2.52. The van der Waals surface area contributed by atoms with E-state index in [9.17, 15) is 0 Å². The lowest BCUT2D eigenvalue weighted by Gasteiger charge is -2.36. The maximum absolute atomic E-state index is 4.42. The number of anilines is 1. The van der Waals surface area contributed by atoms with Crippen molar-refractivity contribution in [2.24, 2.45) is 4.99 Å². The Balaban J connectivity index is 1.54. The lowest BCUT2D eigenvalue weighted by atomic mass is 10.2. The van der Waals surface area contributed by atoms with Crippen LogP contribution in [-0.2, 0) is 6.54 Å². The Hall–Kier alpha value is -2.15. The van der Waals surface area contributed by atoms with Crippen molar-refractivity contribution in [2.45, 2.75) is 6.54 Å². The fraction of sp³-hybridized carbons (Fsp3) is 0.353. The summed E-state index contributed by atoms with van der Waals surface area (Å²) < 4.78 is 1.09. The molecule has 24 heavy (non-hydrogen) atoms. The predicted molar refractivity (Wildman–Crippen MR) is 100 cm³/mol. The molecule has 6 nitrogen and oxygen atoms in total. The quantitative estimate of drug-likeness (QED) is 0.644. The maximum atomic E-state index is 4.42. The third-order valence-corrected chi connectivity index (χ3v) is 4.46. The zero-order valence-corrected chi connectivity index (χ0v) is 15.3. The number of guanidine groups is 1.